The average Bonchev–Trinajstić information content (AvgIpc) is 2.55. The summed E-state index contributed by atoms with van der Waals surface area (Å²) in [5.41, 5.74) is 0. The minimum absolute atomic E-state index is 0.820. The van der Waals surface area contributed by atoms with Crippen LogP contribution in [0.1, 0.15) is 13.3 Å². The SMILES string of the molecule is CC1CCN(c2ncc[nH]2)C1. The third kappa shape index (κ3) is 1.23. The maximum absolute atomic E-state index is 4.20. The van der Waals surface area contributed by atoms with E-state index in [0.29, 0.717) is 0 Å². The summed E-state index contributed by atoms with van der Waals surface area (Å²) in [5, 5.41) is 0. The quantitative estimate of drug-likeness (QED) is 0.655. The lowest BCUT2D eigenvalue weighted by atomic mass is 10.2. The number of rotatable bonds is 1. The number of hydrogen-bond acceptors (Lipinski definition) is 2. The summed E-state index contributed by atoms with van der Waals surface area (Å²) in [7, 11) is 0. The smallest absolute Gasteiger partial charge is 0.202 e. The molecule has 0 aromatic carbocycles. The molecule has 0 spiro atoms. The van der Waals surface area contributed by atoms with Crippen LogP contribution in [0.25, 0.3) is 0 Å². The summed E-state index contributed by atoms with van der Waals surface area (Å²) < 4.78 is 0. The van der Waals surface area contributed by atoms with Crippen LogP contribution in [0.15, 0.2) is 12.4 Å². The molecule has 0 aliphatic carbocycles. The molecule has 3 heteroatoms. The fourth-order valence-corrected chi connectivity index (χ4v) is 1.56. The minimum atomic E-state index is 0.820. The maximum atomic E-state index is 4.20. The third-order valence-corrected chi connectivity index (χ3v) is 2.21. The van der Waals surface area contributed by atoms with Gasteiger partial charge in [0.05, 0.1) is 0 Å². The Labute approximate surface area is 66.4 Å². The van der Waals surface area contributed by atoms with Gasteiger partial charge in [-0.05, 0) is 12.3 Å². The number of aromatic nitrogens is 2. The van der Waals surface area contributed by atoms with Crippen molar-refractivity contribution in [3.8, 4) is 0 Å². The number of hydrogen-bond donors (Lipinski definition) is 1. The Bertz CT molecular complexity index is 217. The normalized spacial score (nSPS) is 24.5. The number of aromatic amines is 1. The van der Waals surface area contributed by atoms with E-state index in [-0.39, 0.29) is 0 Å². The van der Waals surface area contributed by atoms with Gasteiger partial charge in [0.15, 0.2) is 0 Å². The van der Waals surface area contributed by atoms with E-state index in [0.717, 1.165) is 25.0 Å². The topological polar surface area (TPSA) is 31.9 Å². The molecule has 1 fully saturated rings. The number of nitrogens with zero attached hydrogens (tertiary/aromatic N) is 2. The average molecular weight is 151 g/mol. The molecule has 1 aliphatic heterocycles. The lowest BCUT2D eigenvalue weighted by molar-refractivity contribution is 0.658. The van der Waals surface area contributed by atoms with Gasteiger partial charge in [0, 0.05) is 25.5 Å². The van der Waals surface area contributed by atoms with Crippen molar-refractivity contribution in [3.05, 3.63) is 12.4 Å². The Morgan fingerprint density at radius 1 is 1.73 bits per heavy atom. The van der Waals surface area contributed by atoms with E-state index in [4.69, 9.17) is 0 Å². The summed E-state index contributed by atoms with van der Waals surface area (Å²) in [6, 6.07) is 0. The standard InChI is InChI=1S/C8H13N3/c1-7-2-5-11(6-7)8-9-3-4-10-8/h3-4,7H,2,5-6H2,1H3,(H,9,10). The Morgan fingerprint density at radius 3 is 3.18 bits per heavy atom. The number of nitrogens with one attached hydrogen (secondary N) is 1. The van der Waals surface area contributed by atoms with Crippen LogP contribution in [0.5, 0.6) is 0 Å². The van der Waals surface area contributed by atoms with Crippen LogP contribution >= 0.6 is 0 Å². The van der Waals surface area contributed by atoms with E-state index >= 15 is 0 Å². The van der Waals surface area contributed by atoms with Gasteiger partial charge in [-0.15, -0.1) is 0 Å². The van der Waals surface area contributed by atoms with Gasteiger partial charge in [0.25, 0.3) is 0 Å². The largest absolute Gasteiger partial charge is 0.342 e. The molecule has 1 aliphatic rings. The molecule has 0 saturated carbocycles. The second-order valence-corrected chi connectivity index (χ2v) is 3.25. The Balaban J connectivity index is 2.08. The molecule has 2 heterocycles. The van der Waals surface area contributed by atoms with E-state index in [9.17, 15) is 0 Å². The van der Waals surface area contributed by atoms with E-state index in [2.05, 4.69) is 21.8 Å². The minimum Gasteiger partial charge on any atom is -0.342 e. The molecule has 11 heavy (non-hydrogen) atoms. The first-order valence-electron chi connectivity index (χ1n) is 4.10. The predicted octanol–water partition coefficient (Wildman–Crippen LogP) is 1.26. The van der Waals surface area contributed by atoms with E-state index in [1.54, 1.807) is 6.20 Å². The van der Waals surface area contributed by atoms with E-state index < -0.39 is 0 Å². The third-order valence-electron chi connectivity index (χ3n) is 2.21. The first-order chi connectivity index (χ1) is 5.36. The Kier molecular flexibility index (Phi) is 1.56. The van der Waals surface area contributed by atoms with Crippen LogP contribution < -0.4 is 4.90 Å². The van der Waals surface area contributed by atoms with Crippen LogP contribution in [0, 0.1) is 5.92 Å². The molecule has 3 nitrogen and oxygen atoms in total. The van der Waals surface area contributed by atoms with Crippen LogP contribution in [-0.2, 0) is 0 Å². The van der Waals surface area contributed by atoms with Crippen molar-refractivity contribution in [2.24, 2.45) is 5.92 Å². The molecular formula is C8H13N3. The lowest BCUT2D eigenvalue weighted by Crippen LogP contribution is -2.20. The first kappa shape index (κ1) is 6.70. The highest BCUT2D eigenvalue weighted by atomic mass is 15.3. The van der Waals surface area contributed by atoms with E-state index in [1.165, 1.54) is 6.42 Å². The molecule has 0 amide bonds. The number of anilines is 1. The number of imidazole rings is 1. The zero-order chi connectivity index (χ0) is 7.68. The van der Waals surface area contributed by atoms with Crippen LogP contribution in [0.2, 0.25) is 0 Å². The van der Waals surface area contributed by atoms with Gasteiger partial charge in [-0.3, -0.25) is 0 Å². The van der Waals surface area contributed by atoms with Crippen LogP contribution in [-0.4, -0.2) is 23.1 Å². The highest BCUT2D eigenvalue weighted by molar-refractivity contribution is 5.30. The molecule has 1 unspecified atom stereocenters. The summed E-state index contributed by atoms with van der Waals surface area (Å²) in [6.07, 6.45) is 4.97. The summed E-state index contributed by atoms with van der Waals surface area (Å²) in [4.78, 5) is 9.61. The summed E-state index contributed by atoms with van der Waals surface area (Å²) in [6.45, 7) is 4.57. The van der Waals surface area contributed by atoms with Gasteiger partial charge in [-0.1, -0.05) is 6.92 Å². The molecular weight excluding hydrogens is 138 g/mol. The van der Waals surface area contributed by atoms with Crippen molar-refractivity contribution in [3.63, 3.8) is 0 Å². The van der Waals surface area contributed by atoms with Gasteiger partial charge >= 0.3 is 0 Å². The molecule has 60 valence electrons. The van der Waals surface area contributed by atoms with Crippen molar-refractivity contribution in [2.75, 3.05) is 18.0 Å². The fraction of sp³-hybridized carbons (Fsp3) is 0.625. The zero-order valence-corrected chi connectivity index (χ0v) is 6.75. The highest BCUT2D eigenvalue weighted by Gasteiger charge is 2.19. The zero-order valence-electron chi connectivity index (χ0n) is 6.75. The molecule has 1 N–H and O–H groups in total. The molecule has 1 saturated heterocycles. The highest BCUT2D eigenvalue weighted by Crippen LogP contribution is 2.19. The Hall–Kier alpha value is -0.990. The maximum Gasteiger partial charge on any atom is 0.202 e. The first-order valence-corrected chi connectivity index (χ1v) is 4.10. The fourth-order valence-electron chi connectivity index (χ4n) is 1.56. The molecule has 0 radical (unpaired) electrons. The second-order valence-electron chi connectivity index (χ2n) is 3.25. The van der Waals surface area contributed by atoms with Crippen molar-refractivity contribution in [2.45, 2.75) is 13.3 Å². The molecule has 1 aromatic rings. The summed E-state index contributed by atoms with van der Waals surface area (Å²) in [5.74, 6) is 1.84. The molecule has 2 rings (SSSR count). The van der Waals surface area contributed by atoms with Gasteiger partial charge in [0.1, 0.15) is 0 Å². The van der Waals surface area contributed by atoms with Crippen molar-refractivity contribution in [1.82, 2.24) is 9.97 Å². The lowest BCUT2D eigenvalue weighted by Gasteiger charge is -2.13. The van der Waals surface area contributed by atoms with E-state index in [1.807, 2.05) is 6.20 Å². The van der Waals surface area contributed by atoms with Gasteiger partial charge in [0.2, 0.25) is 5.95 Å². The van der Waals surface area contributed by atoms with Gasteiger partial charge in [-0.2, -0.15) is 0 Å². The number of H-pyrrole nitrogens is 1. The van der Waals surface area contributed by atoms with Crippen LogP contribution in [0.3, 0.4) is 0 Å². The van der Waals surface area contributed by atoms with Gasteiger partial charge < -0.3 is 9.88 Å². The monoisotopic (exact) mass is 151 g/mol. The van der Waals surface area contributed by atoms with Crippen molar-refractivity contribution in [1.29, 1.82) is 0 Å². The summed E-state index contributed by atoms with van der Waals surface area (Å²) >= 11 is 0. The Morgan fingerprint density at radius 2 is 2.64 bits per heavy atom. The van der Waals surface area contributed by atoms with Crippen molar-refractivity contribution >= 4 is 5.95 Å². The van der Waals surface area contributed by atoms with Crippen molar-refractivity contribution < 1.29 is 0 Å². The molecule has 0 bridgehead atoms. The molecule has 1 aromatic heterocycles. The molecule has 1 atom stereocenters. The predicted molar refractivity (Wildman–Crippen MR) is 44.6 cm³/mol. The second kappa shape index (κ2) is 2.57. The van der Waals surface area contributed by atoms with Crippen LogP contribution in [0.4, 0.5) is 5.95 Å². The van der Waals surface area contributed by atoms with Gasteiger partial charge in [-0.25, -0.2) is 4.98 Å².